The van der Waals surface area contributed by atoms with Crippen LogP contribution < -0.4 is 4.90 Å². The minimum atomic E-state index is 0.345. The second-order valence-corrected chi connectivity index (χ2v) is 20.1. The average Bonchev–Trinajstić information content (AvgIpc) is 3.90. The Morgan fingerprint density at radius 1 is 0.408 bits per heavy atom. The summed E-state index contributed by atoms with van der Waals surface area (Å²) in [7, 11) is 0. The molecule has 71 heavy (non-hydrogen) atoms. The van der Waals surface area contributed by atoms with Crippen LogP contribution in [0.25, 0.3) is 99.0 Å². The van der Waals surface area contributed by atoms with Crippen LogP contribution in [0.5, 0.6) is 0 Å². The zero-order valence-electron chi connectivity index (χ0n) is 39.9. The third-order valence-corrected chi connectivity index (χ3v) is 16.1. The molecule has 338 valence electrons. The molecule has 3 aliphatic carbocycles. The lowest BCUT2D eigenvalue weighted by atomic mass is 9.84. The molecule has 0 spiro atoms. The van der Waals surface area contributed by atoms with Gasteiger partial charge in [-0.3, -0.25) is 0 Å². The molecule has 0 bridgehead atoms. The van der Waals surface area contributed by atoms with Crippen molar-refractivity contribution in [3.05, 3.63) is 258 Å². The summed E-state index contributed by atoms with van der Waals surface area (Å²) in [4.78, 5) is 2.64. The molecule has 1 heterocycles. The lowest BCUT2D eigenvalue weighted by Gasteiger charge is -2.35. The SMILES string of the molecule is C1=CCC(C2CC=C(c3ccccc3)N2c2ccc3cc4c(C5=CC=C(c6cc7ccccc7c7ccccc67)CC5)ccc(-c5ccc(-c6cc7c(c8ccccc68)C=CCC7)cc5)c4cc3c2)C=C1. The number of rotatable bonds is 7. The van der Waals surface area contributed by atoms with Gasteiger partial charge in [0.25, 0.3) is 0 Å². The van der Waals surface area contributed by atoms with Gasteiger partial charge in [-0.25, -0.2) is 0 Å². The van der Waals surface area contributed by atoms with Crippen molar-refractivity contribution >= 4 is 82.5 Å². The van der Waals surface area contributed by atoms with E-state index in [1.807, 2.05) is 0 Å². The molecule has 4 aliphatic rings. The van der Waals surface area contributed by atoms with Gasteiger partial charge >= 0.3 is 0 Å². The van der Waals surface area contributed by atoms with E-state index in [9.17, 15) is 0 Å². The molecule has 10 aromatic carbocycles. The Bertz CT molecular complexity index is 3990. The summed E-state index contributed by atoms with van der Waals surface area (Å²) in [6.07, 6.45) is 27.3. The molecule has 1 aliphatic heterocycles. The normalized spacial score (nSPS) is 17.6. The van der Waals surface area contributed by atoms with Gasteiger partial charge in [0.2, 0.25) is 0 Å². The van der Waals surface area contributed by atoms with Crippen LogP contribution in [0.1, 0.15) is 59.9 Å². The standard InChI is InChI=1S/C70H53N/c1-3-15-50(16-4-1)69-39-40-70(51-17-5-2-6-18-51)71(69)56-36-35-52-42-67-59(46-27-31-48(32-28-46)65-43-53-19-7-9-21-57(53)61-23-11-13-25-63(61)65)37-38-60(68(67)45-55(52)41-56)47-29-33-49(34-30-47)66-44-54-20-8-10-22-58(54)62-24-12-14-26-64(62)66/h1-7,9-17,19,21-27,29-31,33-39,41-45,51,70H,8,18,20,28,32,40H2. The van der Waals surface area contributed by atoms with Crippen LogP contribution in [-0.4, -0.2) is 6.04 Å². The highest BCUT2D eigenvalue weighted by atomic mass is 15.2. The van der Waals surface area contributed by atoms with Crippen LogP contribution >= 0.6 is 0 Å². The third-order valence-electron chi connectivity index (χ3n) is 16.1. The fraction of sp³-hybridized carbons (Fsp3) is 0.114. The van der Waals surface area contributed by atoms with Crippen molar-refractivity contribution < 1.29 is 0 Å². The molecule has 0 radical (unpaired) electrons. The van der Waals surface area contributed by atoms with Gasteiger partial charge in [-0.15, -0.1) is 0 Å². The molecule has 0 fully saturated rings. The van der Waals surface area contributed by atoms with E-state index in [4.69, 9.17) is 0 Å². The van der Waals surface area contributed by atoms with E-state index in [0.717, 1.165) is 38.5 Å². The van der Waals surface area contributed by atoms with Gasteiger partial charge in [0.15, 0.2) is 0 Å². The Labute approximate surface area is 416 Å². The number of benzene rings is 10. The maximum absolute atomic E-state index is 2.64. The summed E-state index contributed by atoms with van der Waals surface area (Å²) in [6, 6.07) is 69.3. The number of hydrogen-bond acceptors (Lipinski definition) is 1. The van der Waals surface area contributed by atoms with Crippen LogP contribution in [0, 0.1) is 5.92 Å². The second kappa shape index (κ2) is 17.3. The van der Waals surface area contributed by atoms with E-state index in [2.05, 4.69) is 242 Å². The second-order valence-electron chi connectivity index (χ2n) is 20.1. The van der Waals surface area contributed by atoms with Crippen molar-refractivity contribution in [2.45, 2.75) is 44.6 Å². The first-order chi connectivity index (χ1) is 35.2. The smallest absolute Gasteiger partial charge is 0.0447 e. The quantitative estimate of drug-likeness (QED) is 0.114. The van der Waals surface area contributed by atoms with E-state index >= 15 is 0 Å². The van der Waals surface area contributed by atoms with E-state index in [1.54, 1.807) is 0 Å². The molecule has 0 saturated carbocycles. The van der Waals surface area contributed by atoms with E-state index < -0.39 is 0 Å². The highest BCUT2D eigenvalue weighted by molar-refractivity contribution is 6.13. The molecule has 2 atom stereocenters. The first-order valence-corrected chi connectivity index (χ1v) is 25.7. The average molecular weight is 908 g/mol. The summed E-state index contributed by atoms with van der Waals surface area (Å²) in [5, 5.41) is 13.1. The minimum absolute atomic E-state index is 0.345. The molecule has 0 N–H and O–H groups in total. The van der Waals surface area contributed by atoms with Crippen molar-refractivity contribution in [1.82, 2.24) is 0 Å². The van der Waals surface area contributed by atoms with Crippen molar-refractivity contribution in [2.24, 2.45) is 5.92 Å². The molecule has 0 aromatic heterocycles. The zero-order chi connectivity index (χ0) is 46.8. The fourth-order valence-corrected chi connectivity index (χ4v) is 12.6. The predicted octanol–water partition coefficient (Wildman–Crippen LogP) is 18.8. The molecule has 10 aromatic rings. The van der Waals surface area contributed by atoms with Crippen molar-refractivity contribution in [3.8, 4) is 22.3 Å². The summed E-state index contributed by atoms with van der Waals surface area (Å²) < 4.78 is 0. The third kappa shape index (κ3) is 7.22. The van der Waals surface area contributed by atoms with E-state index in [1.165, 1.54) is 126 Å². The van der Waals surface area contributed by atoms with Gasteiger partial charge in [0.1, 0.15) is 0 Å². The lowest BCUT2D eigenvalue weighted by Crippen LogP contribution is -2.35. The summed E-state index contributed by atoms with van der Waals surface area (Å²) >= 11 is 0. The fourth-order valence-electron chi connectivity index (χ4n) is 12.6. The number of hydrogen-bond donors (Lipinski definition) is 0. The van der Waals surface area contributed by atoms with Crippen molar-refractivity contribution in [1.29, 1.82) is 0 Å². The Balaban J connectivity index is 0.908. The summed E-state index contributed by atoms with van der Waals surface area (Å²) in [6.45, 7) is 0. The molecule has 14 rings (SSSR count). The number of anilines is 1. The molecular weight excluding hydrogens is 855 g/mol. The molecule has 0 amide bonds. The number of allylic oxidation sites excluding steroid dienone is 8. The Kier molecular flexibility index (Phi) is 10.2. The first kappa shape index (κ1) is 41.7. The van der Waals surface area contributed by atoms with Crippen LogP contribution in [0.3, 0.4) is 0 Å². The monoisotopic (exact) mass is 907 g/mol. The minimum Gasteiger partial charge on any atom is -0.337 e. The van der Waals surface area contributed by atoms with Crippen LogP contribution in [0.2, 0.25) is 0 Å². The highest BCUT2D eigenvalue weighted by Gasteiger charge is 2.33. The van der Waals surface area contributed by atoms with Crippen LogP contribution in [0.4, 0.5) is 5.69 Å². The molecule has 2 unspecified atom stereocenters. The zero-order valence-corrected chi connectivity index (χ0v) is 39.9. The maximum atomic E-state index is 2.64. The Morgan fingerprint density at radius 2 is 1.08 bits per heavy atom. The van der Waals surface area contributed by atoms with Crippen LogP contribution in [0.15, 0.2) is 231 Å². The number of nitrogens with zero attached hydrogens (tertiary/aromatic N) is 1. The van der Waals surface area contributed by atoms with Crippen LogP contribution in [-0.2, 0) is 6.42 Å². The largest absolute Gasteiger partial charge is 0.337 e. The summed E-state index contributed by atoms with van der Waals surface area (Å²) in [5.74, 6) is 0.441. The topological polar surface area (TPSA) is 3.24 Å². The van der Waals surface area contributed by atoms with Crippen molar-refractivity contribution in [2.75, 3.05) is 4.90 Å². The number of aryl methyl sites for hydroxylation is 1. The van der Waals surface area contributed by atoms with E-state index in [0.29, 0.717) is 12.0 Å². The lowest BCUT2D eigenvalue weighted by molar-refractivity contribution is 0.514. The summed E-state index contributed by atoms with van der Waals surface area (Å²) in [5.41, 5.74) is 17.2. The maximum Gasteiger partial charge on any atom is 0.0447 e. The highest BCUT2D eigenvalue weighted by Crippen LogP contribution is 2.45. The molecule has 0 saturated heterocycles. The Hall–Kier alpha value is -8.26. The molecule has 1 nitrogen and oxygen atoms in total. The number of fused-ring (bicyclic) bond motifs is 8. The van der Waals surface area contributed by atoms with Gasteiger partial charge in [0.05, 0.1) is 0 Å². The van der Waals surface area contributed by atoms with Gasteiger partial charge < -0.3 is 4.90 Å². The van der Waals surface area contributed by atoms with E-state index in [-0.39, 0.29) is 0 Å². The van der Waals surface area contributed by atoms with Gasteiger partial charge in [-0.1, -0.05) is 200 Å². The van der Waals surface area contributed by atoms with Crippen molar-refractivity contribution in [3.63, 3.8) is 0 Å². The van der Waals surface area contributed by atoms with Gasteiger partial charge in [0, 0.05) is 23.3 Å². The Morgan fingerprint density at radius 3 is 1.87 bits per heavy atom. The van der Waals surface area contributed by atoms with Gasteiger partial charge in [-0.2, -0.15) is 0 Å². The predicted molar refractivity (Wildman–Crippen MR) is 306 cm³/mol. The van der Waals surface area contributed by atoms with Gasteiger partial charge in [-0.05, 0) is 190 Å². The molecule has 1 heteroatoms. The first-order valence-electron chi connectivity index (χ1n) is 25.7. The molecular formula is C70H53N.